The Morgan fingerprint density at radius 3 is 2.35 bits per heavy atom. The number of aromatic nitrogens is 1. The van der Waals surface area contributed by atoms with Crippen LogP contribution in [0.25, 0.3) is 11.1 Å². The molecule has 0 radical (unpaired) electrons. The molecule has 156 valence electrons. The molecule has 0 atom stereocenters. The Kier molecular flexibility index (Phi) is 5.04. The predicted molar refractivity (Wildman–Crippen MR) is 118 cm³/mol. The van der Waals surface area contributed by atoms with E-state index in [-0.39, 0.29) is 25.0 Å². The lowest BCUT2D eigenvalue weighted by Gasteiger charge is -2.29. The highest BCUT2D eigenvalue weighted by Gasteiger charge is 2.32. The van der Waals surface area contributed by atoms with Gasteiger partial charge < -0.3 is 9.64 Å². The fourth-order valence-electron chi connectivity index (χ4n) is 3.87. The first-order valence-corrected chi connectivity index (χ1v) is 10.5. The summed E-state index contributed by atoms with van der Waals surface area (Å²) in [6.45, 7) is 0.852. The number of ether oxygens (including phenoxy) is 1. The Balaban J connectivity index is 1.39. The summed E-state index contributed by atoms with van der Waals surface area (Å²) in [5.41, 5.74) is 3.80. The number of carbonyl (C=O) groups excluding carboxylic acids is 2. The van der Waals surface area contributed by atoms with E-state index in [1.54, 1.807) is 35.4 Å². The van der Waals surface area contributed by atoms with Crippen LogP contribution >= 0.6 is 23.2 Å². The fourth-order valence-corrected chi connectivity index (χ4v) is 4.39. The molecule has 0 spiro atoms. The van der Waals surface area contributed by atoms with Crippen molar-refractivity contribution in [3.8, 4) is 16.9 Å². The van der Waals surface area contributed by atoms with Crippen LogP contribution in [-0.4, -0.2) is 34.8 Å². The standard InChI is InChI=1S/C23H17Cl2N3O3/c24-18-5-16(6-19(25)8-18)17-7-20-23(26-9-17)28(22(30)13-31-20)12-21(29)27-10-14-3-1-2-4-15(14)11-27/h1-9H,10-13H2. The lowest BCUT2D eigenvalue weighted by atomic mass is 10.1. The number of hydrogen-bond acceptors (Lipinski definition) is 4. The van der Waals surface area contributed by atoms with Crippen molar-refractivity contribution in [1.82, 2.24) is 9.88 Å². The van der Waals surface area contributed by atoms with Gasteiger partial charge >= 0.3 is 0 Å². The van der Waals surface area contributed by atoms with Crippen LogP contribution in [0, 0.1) is 0 Å². The van der Waals surface area contributed by atoms with Crippen LogP contribution in [0.3, 0.4) is 0 Å². The van der Waals surface area contributed by atoms with Crippen LogP contribution in [0.2, 0.25) is 10.0 Å². The molecule has 3 heterocycles. The second-order valence-corrected chi connectivity index (χ2v) is 8.36. The highest BCUT2D eigenvalue weighted by Crippen LogP contribution is 2.35. The van der Waals surface area contributed by atoms with Gasteiger partial charge in [-0.1, -0.05) is 47.5 Å². The van der Waals surface area contributed by atoms with Crippen LogP contribution in [0.15, 0.2) is 54.7 Å². The quantitative estimate of drug-likeness (QED) is 0.592. The summed E-state index contributed by atoms with van der Waals surface area (Å²) in [7, 11) is 0. The third kappa shape index (κ3) is 3.84. The molecule has 8 heteroatoms. The second kappa shape index (κ2) is 7.87. The van der Waals surface area contributed by atoms with Gasteiger partial charge in [0.2, 0.25) is 5.91 Å². The number of fused-ring (bicyclic) bond motifs is 2. The van der Waals surface area contributed by atoms with E-state index < -0.39 is 0 Å². The molecular formula is C23H17Cl2N3O3. The third-order valence-electron chi connectivity index (χ3n) is 5.42. The molecule has 2 amide bonds. The zero-order valence-corrected chi connectivity index (χ0v) is 17.9. The van der Waals surface area contributed by atoms with Crippen LogP contribution in [0.1, 0.15) is 11.1 Å². The maximum Gasteiger partial charge on any atom is 0.266 e. The predicted octanol–water partition coefficient (Wildman–Crippen LogP) is 4.32. The van der Waals surface area contributed by atoms with Crippen LogP contribution < -0.4 is 9.64 Å². The summed E-state index contributed by atoms with van der Waals surface area (Å²) in [5, 5.41) is 1.02. The number of hydrogen-bond donors (Lipinski definition) is 0. The molecule has 0 saturated carbocycles. The highest BCUT2D eigenvalue weighted by atomic mass is 35.5. The third-order valence-corrected chi connectivity index (χ3v) is 5.86. The van der Waals surface area contributed by atoms with Crippen molar-refractivity contribution in [2.24, 2.45) is 0 Å². The van der Waals surface area contributed by atoms with Crippen LogP contribution in [-0.2, 0) is 22.7 Å². The number of benzene rings is 2. The van der Waals surface area contributed by atoms with Crippen molar-refractivity contribution in [3.05, 3.63) is 75.9 Å². The van der Waals surface area contributed by atoms with Gasteiger partial charge in [-0.05, 0) is 41.0 Å². The number of amides is 2. The van der Waals surface area contributed by atoms with Crippen LogP contribution in [0.5, 0.6) is 5.75 Å². The lowest BCUT2D eigenvalue weighted by Crippen LogP contribution is -2.45. The number of carbonyl (C=O) groups is 2. The van der Waals surface area contributed by atoms with Gasteiger partial charge in [0.05, 0.1) is 0 Å². The average molecular weight is 454 g/mol. The molecule has 0 fully saturated rings. The molecule has 5 rings (SSSR count). The van der Waals surface area contributed by atoms with Gasteiger partial charge in [0.15, 0.2) is 18.2 Å². The molecule has 0 unspecified atom stereocenters. The minimum Gasteiger partial charge on any atom is -0.480 e. The molecule has 1 aromatic heterocycles. The van der Waals surface area contributed by atoms with Gasteiger partial charge in [0.25, 0.3) is 5.91 Å². The fraction of sp³-hybridized carbons (Fsp3) is 0.174. The molecule has 6 nitrogen and oxygen atoms in total. The average Bonchev–Trinajstić information content (AvgIpc) is 3.19. The number of anilines is 1. The lowest BCUT2D eigenvalue weighted by molar-refractivity contribution is -0.132. The van der Waals surface area contributed by atoms with Gasteiger partial charge in [0, 0.05) is 34.9 Å². The number of rotatable bonds is 3. The molecule has 3 aromatic rings. The minimum absolute atomic E-state index is 0.0848. The monoisotopic (exact) mass is 453 g/mol. The summed E-state index contributed by atoms with van der Waals surface area (Å²) in [4.78, 5) is 33.0. The normalized spacial score (nSPS) is 14.8. The first-order valence-electron chi connectivity index (χ1n) is 9.72. The summed E-state index contributed by atoms with van der Waals surface area (Å²) in [6, 6.07) is 14.9. The zero-order valence-electron chi connectivity index (χ0n) is 16.3. The van der Waals surface area contributed by atoms with Crippen molar-refractivity contribution in [1.29, 1.82) is 0 Å². The summed E-state index contributed by atoms with van der Waals surface area (Å²) in [5.74, 6) is 0.331. The number of nitrogens with zero attached hydrogens (tertiary/aromatic N) is 3. The molecular weight excluding hydrogens is 437 g/mol. The maximum absolute atomic E-state index is 12.9. The van der Waals surface area contributed by atoms with E-state index in [2.05, 4.69) is 4.98 Å². The van der Waals surface area contributed by atoms with E-state index in [0.717, 1.165) is 22.3 Å². The first-order chi connectivity index (χ1) is 15.0. The van der Waals surface area contributed by atoms with Gasteiger partial charge in [-0.15, -0.1) is 0 Å². The van der Waals surface area contributed by atoms with Gasteiger partial charge in [-0.3, -0.25) is 14.5 Å². The largest absolute Gasteiger partial charge is 0.480 e. The van der Waals surface area contributed by atoms with E-state index >= 15 is 0 Å². The molecule has 2 aromatic carbocycles. The summed E-state index contributed by atoms with van der Waals surface area (Å²) in [6.07, 6.45) is 1.62. The Bertz CT molecular complexity index is 1170. The van der Waals surface area contributed by atoms with E-state index in [9.17, 15) is 9.59 Å². The molecule has 2 aliphatic rings. The summed E-state index contributed by atoms with van der Waals surface area (Å²) < 4.78 is 5.60. The molecule has 0 saturated heterocycles. The van der Waals surface area contributed by atoms with E-state index in [0.29, 0.717) is 34.7 Å². The number of halogens is 2. The Labute approximate surface area is 189 Å². The van der Waals surface area contributed by atoms with Crippen molar-refractivity contribution in [3.63, 3.8) is 0 Å². The zero-order chi connectivity index (χ0) is 21.5. The summed E-state index contributed by atoms with van der Waals surface area (Å²) >= 11 is 12.2. The van der Waals surface area contributed by atoms with Crippen molar-refractivity contribution in [2.45, 2.75) is 13.1 Å². The second-order valence-electron chi connectivity index (χ2n) is 7.49. The molecule has 2 aliphatic heterocycles. The Morgan fingerprint density at radius 1 is 1.00 bits per heavy atom. The Morgan fingerprint density at radius 2 is 1.68 bits per heavy atom. The smallest absolute Gasteiger partial charge is 0.266 e. The molecule has 31 heavy (non-hydrogen) atoms. The first kappa shape index (κ1) is 19.8. The molecule has 0 N–H and O–H groups in total. The van der Waals surface area contributed by atoms with Crippen molar-refractivity contribution < 1.29 is 14.3 Å². The molecule has 0 aliphatic carbocycles. The highest BCUT2D eigenvalue weighted by molar-refractivity contribution is 6.35. The van der Waals surface area contributed by atoms with Crippen LogP contribution in [0.4, 0.5) is 5.82 Å². The van der Waals surface area contributed by atoms with Gasteiger partial charge in [-0.25, -0.2) is 4.98 Å². The topological polar surface area (TPSA) is 62.7 Å². The van der Waals surface area contributed by atoms with Gasteiger partial charge in [-0.2, -0.15) is 0 Å². The van der Waals surface area contributed by atoms with Crippen molar-refractivity contribution in [2.75, 3.05) is 18.1 Å². The van der Waals surface area contributed by atoms with E-state index in [1.165, 1.54) is 4.90 Å². The maximum atomic E-state index is 12.9. The van der Waals surface area contributed by atoms with E-state index in [1.807, 2.05) is 24.3 Å². The Hall–Kier alpha value is -3.09. The van der Waals surface area contributed by atoms with Gasteiger partial charge in [0.1, 0.15) is 6.54 Å². The van der Waals surface area contributed by atoms with E-state index in [4.69, 9.17) is 27.9 Å². The number of pyridine rings is 1. The van der Waals surface area contributed by atoms with Crippen molar-refractivity contribution >= 4 is 40.8 Å². The SMILES string of the molecule is O=C(CN1C(=O)COc2cc(-c3cc(Cl)cc(Cl)c3)cnc21)N1Cc2ccccc2C1. The minimum atomic E-state index is -0.302. The molecule has 0 bridgehead atoms.